The lowest BCUT2D eigenvalue weighted by Gasteiger charge is -2.20. The van der Waals surface area contributed by atoms with E-state index in [-0.39, 0.29) is 0 Å². The van der Waals surface area contributed by atoms with E-state index in [0.717, 1.165) is 5.92 Å². The number of hydrogen-bond acceptors (Lipinski definition) is 1. The predicted molar refractivity (Wildman–Crippen MR) is 55.9 cm³/mol. The SMILES string of the molecule is C[C@H]1[C@@H](c2ccccc2)CCN1C. The Morgan fingerprint density at radius 2 is 1.92 bits per heavy atom. The lowest BCUT2D eigenvalue weighted by molar-refractivity contribution is 0.318. The fourth-order valence-electron chi connectivity index (χ4n) is 2.24. The molecule has 2 rings (SSSR count). The number of hydrogen-bond donors (Lipinski definition) is 0. The second-order valence-corrected chi connectivity index (χ2v) is 4.03. The van der Waals surface area contributed by atoms with Gasteiger partial charge in [-0.1, -0.05) is 30.3 Å². The second-order valence-electron chi connectivity index (χ2n) is 4.03. The van der Waals surface area contributed by atoms with Gasteiger partial charge in [-0.15, -0.1) is 0 Å². The van der Waals surface area contributed by atoms with Crippen LogP contribution in [0.4, 0.5) is 0 Å². The highest BCUT2D eigenvalue weighted by Gasteiger charge is 2.28. The van der Waals surface area contributed by atoms with Gasteiger partial charge in [-0.2, -0.15) is 0 Å². The highest BCUT2D eigenvalue weighted by Crippen LogP contribution is 2.31. The predicted octanol–water partition coefficient (Wildman–Crippen LogP) is 2.49. The van der Waals surface area contributed by atoms with E-state index < -0.39 is 0 Å². The van der Waals surface area contributed by atoms with Crippen LogP contribution in [0.2, 0.25) is 0 Å². The summed E-state index contributed by atoms with van der Waals surface area (Å²) in [6.45, 7) is 3.56. The molecule has 1 nitrogen and oxygen atoms in total. The molecule has 0 aliphatic carbocycles. The molecule has 1 heterocycles. The van der Waals surface area contributed by atoms with E-state index in [1.165, 1.54) is 18.5 Å². The van der Waals surface area contributed by atoms with Crippen LogP contribution < -0.4 is 0 Å². The number of nitrogens with zero attached hydrogens (tertiary/aromatic N) is 1. The van der Waals surface area contributed by atoms with Gasteiger partial charge in [-0.3, -0.25) is 0 Å². The maximum Gasteiger partial charge on any atom is 0.0133 e. The van der Waals surface area contributed by atoms with E-state index in [1.54, 1.807) is 0 Å². The van der Waals surface area contributed by atoms with Gasteiger partial charge in [0.1, 0.15) is 0 Å². The lowest BCUT2D eigenvalue weighted by Crippen LogP contribution is -2.24. The molecule has 1 aliphatic heterocycles. The quantitative estimate of drug-likeness (QED) is 0.634. The third kappa shape index (κ3) is 1.61. The molecule has 0 saturated carbocycles. The Kier molecular flexibility index (Phi) is 2.36. The van der Waals surface area contributed by atoms with Crippen molar-refractivity contribution >= 4 is 0 Å². The highest BCUT2D eigenvalue weighted by atomic mass is 15.1. The van der Waals surface area contributed by atoms with Crippen molar-refractivity contribution in [3.63, 3.8) is 0 Å². The van der Waals surface area contributed by atoms with Crippen LogP contribution in [0.5, 0.6) is 0 Å². The molecule has 1 aliphatic rings. The molecule has 0 unspecified atom stereocenters. The molecule has 0 N–H and O–H groups in total. The molecule has 0 radical (unpaired) electrons. The average molecular weight is 175 g/mol. The maximum atomic E-state index is 2.44. The number of likely N-dealkylation sites (N-methyl/N-ethyl adjacent to an activating group) is 1. The monoisotopic (exact) mass is 175 g/mol. The van der Waals surface area contributed by atoms with E-state index >= 15 is 0 Å². The highest BCUT2D eigenvalue weighted by molar-refractivity contribution is 5.22. The van der Waals surface area contributed by atoms with Gasteiger partial charge in [0.05, 0.1) is 0 Å². The smallest absolute Gasteiger partial charge is 0.0133 e. The van der Waals surface area contributed by atoms with Crippen molar-refractivity contribution in [3.05, 3.63) is 35.9 Å². The maximum absolute atomic E-state index is 2.44. The van der Waals surface area contributed by atoms with Crippen LogP contribution in [0, 0.1) is 0 Å². The zero-order valence-corrected chi connectivity index (χ0v) is 8.40. The summed E-state index contributed by atoms with van der Waals surface area (Å²) >= 11 is 0. The molecule has 1 fully saturated rings. The minimum Gasteiger partial charge on any atom is -0.303 e. The van der Waals surface area contributed by atoms with Gasteiger partial charge >= 0.3 is 0 Å². The second kappa shape index (κ2) is 3.51. The van der Waals surface area contributed by atoms with E-state index in [4.69, 9.17) is 0 Å². The average Bonchev–Trinajstić information content (AvgIpc) is 2.49. The molecule has 13 heavy (non-hydrogen) atoms. The standard InChI is InChI=1S/C12H17N/c1-10-12(8-9-13(10)2)11-6-4-3-5-7-11/h3-7,10,12H,8-9H2,1-2H3/t10-,12-/m0/s1. The van der Waals surface area contributed by atoms with Crippen molar-refractivity contribution in [1.82, 2.24) is 4.90 Å². The summed E-state index contributed by atoms with van der Waals surface area (Å²) in [5.74, 6) is 0.742. The van der Waals surface area contributed by atoms with Gasteiger partial charge < -0.3 is 4.90 Å². The summed E-state index contributed by atoms with van der Waals surface area (Å²) in [5.41, 5.74) is 1.50. The molecular formula is C12H17N. The third-order valence-electron chi connectivity index (χ3n) is 3.30. The van der Waals surface area contributed by atoms with Crippen LogP contribution in [-0.2, 0) is 0 Å². The van der Waals surface area contributed by atoms with Crippen molar-refractivity contribution in [1.29, 1.82) is 0 Å². The third-order valence-corrected chi connectivity index (χ3v) is 3.30. The summed E-state index contributed by atoms with van der Waals surface area (Å²) in [6.07, 6.45) is 1.31. The van der Waals surface area contributed by atoms with Crippen LogP contribution in [0.1, 0.15) is 24.8 Å². The first kappa shape index (κ1) is 8.76. The van der Waals surface area contributed by atoms with E-state index in [9.17, 15) is 0 Å². The summed E-state index contributed by atoms with van der Waals surface area (Å²) in [5, 5.41) is 0. The zero-order valence-electron chi connectivity index (χ0n) is 8.40. The van der Waals surface area contributed by atoms with E-state index in [2.05, 4.69) is 49.2 Å². The topological polar surface area (TPSA) is 3.24 Å². The Bertz CT molecular complexity index is 268. The lowest BCUT2D eigenvalue weighted by atomic mass is 9.93. The van der Waals surface area contributed by atoms with Gasteiger partial charge in [-0.05, 0) is 32.5 Å². The zero-order chi connectivity index (χ0) is 9.26. The first-order valence-corrected chi connectivity index (χ1v) is 5.04. The fourth-order valence-corrected chi connectivity index (χ4v) is 2.24. The summed E-state index contributed by atoms with van der Waals surface area (Å²) in [7, 11) is 2.22. The molecule has 1 heteroatoms. The Morgan fingerprint density at radius 3 is 2.46 bits per heavy atom. The van der Waals surface area contributed by atoms with Crippen LogP contribution in [0.3, 0.4) is 0 Å². The molecule has 0 aromatic heterocycles. The Balaban J connectivity index is 2.19. The Hall–Kier alpha value is -0.820. The van der Waals surface area contributed by atoms with Crippen molar-refractivity contribution in [3.8, 4) is 0 Å². The molecule has 0 bridgehead atoms. The Labute approximate surface area is 80.4 Å². The van der Waals surface area contributed by atoms with Crippen molar-refractivity contribution < 1.29 is 0 Å². The first-order valence-electron chi connectivity index (χ1n) is 5.04. The number of rotatable bonds is 1. The Morgan fingerprint density at radius 1 is 1.23 bits per heavy atom. The molecule has 1 aromatic carbocycles. The van der Waals surface area contributed by atoms with E-state index in [0.29, 0.717) is 6.04 Å². The molecule has 0 spiro atoms. The summed E-state index contributed by atoms with van der Waals surface area (Å²) < 4.78 is 0. The largest absolute Gasteiger partial charge is 0.303 e. The van der Waals surface area contributed by atoms with Gasteiger partial charge in [-0.25, -0.2) is 0 Å². The van der Waals surface area contributed by atoms with Crippen LogP contribution in [0.25, 0.3) is 0 Å². The van der Waals surface area contributed by atoms with Crippen molar-refractivity contribution in [2.45, 2.75) is 25.3 Å². The number of benzene rings is 1. The first-order chi connectivity index (χ1) is 6.29. The van der Waals surface area contributed by atoms with Crippen LogP contribution in [0.15, 0.2) is 30.3 Å². The molecule has 1 aromatic rings. The van der Waals surface area contributed by atoms with Gasteiger partial charge in [0.15, 0.2) is 0 Å². The normalized spacial score (nSPS) is 29.4. The molecule has 70 valence electrons. The van der Waals surface area contributed by atoms with Crippen LogP contribution in [-0.4, -0.2) is 24.5 Å². The molecule has 1 saturated heterocycles. The minimum absolute atomic E-state index is 0.697. The van der Waals surface area contributed by atoms with Gasteiger partial charge in [0.25, 0.3) is 0 Å². The van der Waals surface area contributed by atoms with Crippen molar-refractivity contribution in [2.75, 3.05) is 13.6 Å². The number of likely N-dealkylation sites (tertiary alicyclic amines) is 1. The van der Waals surface area contributed by atoms with E-state index in [1.807, 2.05) is 0 Å². The summed E-state index contributed by atoms with van der Waals surface area (Å²) in [6, 6.07) is 11.6. The fraction of sp³-hybridized carbons (Fsp3) is 0.500. The summed E-state index contributed by atoms with van der Waals surface area (Å²) in [4.78, 5) is 2.44. The molecular weight excluding hydrogens is 158 g/mol. The van der Waals surface area contributed by atoms with Crippen molar-refractivity contribution in [2.24, 2.45) is 0 Å². The minimum atomic E-state index is 0.697. The van der Waals surface area contributed by atoms with Gasteiger partial charge in [0, 0.05) is 12.0 Å². The van der Waals surface area contributed by atoms with Gasteiger partial charge in [0.2, 0.25) is 0 Å². The molecule has 2 atom stereocenters. The van der Waals surface area contributed by atoms with Crippen LogP contribution >= 0.6 is 0 Å². The molecule has 0 amide bonds.